The van der Waals surface area contributed by atoms with E-state index in [1.807, 2.05) is 72.8 Å². The molecule has 0 saturated carbocycles. The van der Waals surface area contributed by atoms with Crippen LogP contribution in [0.3, 0.4) is 0 Å². The van der Waals surface area contributed by atoms with Crippen molar-refractivity contribution in [3.05, 3.63) is 168 Å². The van der Waals surface area contributed by atoms with Crippen LogP contribution in [0.2, 0.25) is 0 Å². The van der Waals surface area contributed by atoms with E-state index in [2.05, 4.69) is 96.4 Å². The Morgan fingerprint density at radius 3 is 0.840 bits per heavy atom. The number of ether oxygens (including phenoxy) is 2. The Morgan fingerprint density at radius 2 is 0.600 bits per heavy atom. The van der Waals surface area contributed by atoms with Gasteiger partial charge in [0, 0.05) is 34.1 Å². The molecule has 50 heavy (non-hydrogen) atoms. The van der Waals surface area contributed by atoms with Crippen molar-refractivity contribution in [2.24, 2.45) is 0 Å². The lowest BCUT2D eigenvalue weighted by molar-refractivity contribution is 0.217. The maximum Gasteiger partial charge on any atom is 0.122 e. The Hall–Kier alpha value is -5.56. The lowest BCUT2D eigenvalue weighted by Crippen LogP contribution is -2.11. The van der Waals surface area contributed by atoms with Crippen molar-refractivity contribution >= 4 is 34.1 Å². The van der Waals surface area contributed by atoms with E-state index >= 15 is 0 Å². The highest BCUT2D eigenvalue weighted by Gasteiger charge is 2.14. The minimum absolute atomic E-state index is 0.0147. The van der Waals surface area contributed by atoms with Gasteiger partial charge in [0.2, 0.25) is 0 Å². The van der Waals surface area contributed by atoms with Crippen molar-refractivity contribution in [2.75, 3.05) is 23.0 Å². The maximum absolute atomic E-state index is 9.54. The molecule has 6 heteroatoms. The van der Waals surface area contributed by atoms with E-state index in [4.69, 9.17) is 9.47 Å². The third-order valence-corrected chi connectivity index (χ3v) is 8.77. The molecule has 0 radical (unpaired) electrons. The zero-order valence-corrected chi connectivity index (χ0v) is 28.7. The van der Waals surface area contributed by atoms with Crippen LogP contribution in [0.4, 0.5) is 34.1 Å². The molecule has 0 aliphatic carbocycles. The van der Waals surface area contributed by atoms with Crippen molar-refractivity contribution in [3.63, 3.8) is 0 Å². The van der Waals surface area contributed by atoms with E-state index in [1.54, 1.807) is 0 Å². The Labute approximate surface area is 295 Å². The number of hydrogen-bond donors (Lipinski definition) is 2. The van der Waals surface area contributed by atoms with Crippen LogP contribution in [-0.4, -0.2) is 23.4 Å². The van der Waals surface area contributed by atoms with Gasteiger partial charge in [-0.15, -0.1) is 0 Å². The molecule has 0 aliphatic rings. The van der Waals surface area contributed by atoms with Gasteiger partial charge in [-0.25, -0.2) is 0 Å². The number of nitrogens with zero attached hydrogens (tertiary/aromatic N) is 2. The van der Waals surface area contributed by atoms with Gasteiger partial charge in [-0.05, 0) is 132 Å². The Kier molecular flexibility index (Phi) is 11.5. The van der Waals surface area contributed by atoms with Crippen LogP contribution < -0.4 is 19.3 Å². The fourth-order valence-corrected chi connectivity index (χ4v) is 5.86. The molecule has 0 saturated heterocycles. The summed E-state index contributed by atoms with van der Waals surface area (Å²) in [7, 11) is 0. The van der Waals surface area contributed by atoms with Gasteiger partial charge in [0.15, 0.2) is 0 Å². The summed E-state index contributed by atoms with van der Waals surface area (Å²) in [5, 5.41) is 19.1. The highest BCUT2D eigenvalue weighted by atomic mass is 16.5. The van der Waals surface area contributed by atoms with Gasteiger partial charge >= 0.3 is 0 Å². The molecule has 0 amide bonds. The number of rotatable bonds is 15. The predicted molar refractivity (Wildman–Crippen MR) is 204 cm³/mol. The maximum atomic E-state index is 9.54. The molecule has 0 aromatic heterocycles. The smallest absolute Gasteiger partial charge is 0.122 e. The van der Waals surface area contributed by atoms with Gasteiger partial charge in [-0.2, -0.15) is 0 Å². The van der Waals surface area contributed by atoms with Crippen LogP contribution >= 0.6 is 0 Å². The Morgan fingerprint density at radius 1 is 0.360 bits per heavy atom. The molecular weight excluding hydrogens is 620 g/mol. The number of aryl methyl sites for hydroxylation is 2. The monoisotopic (exact) mass is 664 g/mol. The van der Waals surface area contributed by atoms with E-state index in [1.165, 1.54) is 11.1 Å². The van der Waals surface area contributed by atoms with Crippen molar-refractivity contribution in [3.8, 4) is 11.5 Å². The zero-order valence-electron chi connectivity index (χ0n) is 28.7. The summed E-state index contributed by atoms with van der Waals surface area (Å²) >= 11 is 0. The van der Waals surface area contributed by atoms with Gasteiger partial charge in [0.1, 0.15) is 24.7 Å². The van der Waals surface area contributed by atoms with E-state index in [0.717, 1.165) is 69.6 Å². The summed E-state index contributed by atoms with van der Waals surface area (Å²) in [4.78, 5) is 4.39. The normalized spacial score (nSPS) is 10.9. The molecule has 0 unspecified atom stereocenters. The fraction of sp³-hybridized carbons (Fsp3) is 0.182. The van der Waals surface area contributed by atoms with Crippen LogP contribution in [-0.2, 0) is 26.1 Å². The summed E-state index contributed by atoms with van der Waals surface area (Å²) in [5.74, 6) is 1.53. The molecule has 0 heterocycles. The van der Waals surface area contributed by atoms with Gasteiger partial charge in [-0.3, -0.25) is 0 Å². The molecule has 254 valence electrons. The first-order valence-electron chi connectivity index (χ1n) is 17.2. The minimum Gasteiger partial charge on any atom is -0.490 e. The van der Waals surface area contributed by atoms with E-state index in [0.29, 0.717) is 13.2 Å². The van der Waals surface area contributed by atoms with Gasteiger partial charge in [0.25, 0.3) is 0 Å². The van der Waals surface area contributed by atoms with Crippen LogP contribution in [0.1, 0.15) is 36.1 Å². The minimum atomic E-state index is 0.0147. The van der Waals surface area contributed by atoms with Crippen molar-refractivity contribution in [1.29, 1.82) is 0 Å². The van der Waals surface area contributed by atoms with Crippen molar-refractivity contribution in [1.82, 2.24) is 0 Å². The number of aliphatic hydroxyl groups excluding tert-OH is 2. The van der Waals surface area contributed by atoms with Gasteiger partial charge < -0.3 is 29.5 Å². The van der Waals surface area contributed by atoms with Crippen molar-refractivity contribution in [2.45, 2.75) is 39.9 Å². The summed E-state index contributed by atoms with van der Waals surface area (Å²) in [5.41, 5.74) is 10.5. The molecule has 6 aromatic rings. The average Bonchev–Trinajstić information content (AvgIpc) is 3.19. The number of anilines is 6. The average molecular weight is 665 g/mol. The third kappa shape index (κ3) is 8.35. The molecule has 0 fully saturated rings. The first-order valence-corrected chi connectivity index (χ1v) is 17.2. The lowest BCUT2D eigenvalue weighted by Gasteiger charge is -2.26. The summed E-state index contributed by atoms with van der Waals surface area (Å²) < 4.78 is 12.1. The zero-order chi connectivity index (χ0) is 34.7. The highest BCUT2D eigenvalue weighted by molar-refractivity contribution is 5.78. The lowest BCUT2D eigenvalue weighted by atomic mass is 10.1. The van der Waals surface area contributed by atoms with Crippen LogP contribution in [0, 0.1) is 0 Å². The molecule has 0 atom stereocenters. The molecule has 0 spiro atoms. The number of hydrogen-bond acceptors (Lipinski definition) is 6. The number of benzene rings is 6. The van der Waals surface area contributed by atoms with E-state index < -0.39 is 0 Å². The van der Waals surface area contributed by atoms with Gasteiger partial charge in [0.05, 0.1) is 13.2 Å². The topological polar surface area (TPSA) is 65.4 Å². The fourth-order valence-electron chi connectivity index (χ4n) is 5.86. The summed E-state index contributed by atoms with van der Waals surface area (Å²) in [6.45, 7) is 5.15. The highest BCUT2D eigenvalue weighted by Crippen LogP contribution is 2.37. The van der Waals surface area contributed by atoms with Crippen LogP contribution in [0.25, 0.3) is 0 Å². The first kappa shape index (κ1) is 34.3. The summed E-state index contributed by atoms with van der Waals surface area (Å²) in [6.07, 6.45) is 1.97. The molecule has 6 aromatic carbocycles. The standard InChI is InChI=1S/C44H44N2O4/c1-3-33-5-13-37(14-6-33)45(39-17-9-35(31-47)10-18-39)41-21-25-43(26-22-41)49-29-30-50-44-27-23-42(24-28-44)46(38-15-7-34(4-2)8-16-38)40-19-11-36(32-48)12-20-40/h5-28,47-48H,3-4,29-32H2,1-2H3. The summed E-state index contributed by atoms with van der Waals surface area (Å²) in [6, 6.07) is 49.3. The number of aliphatic hydroxyl groups is 2. The molecule has 2 N–H and O–H groups in total. The molecule has 0 aliphatic heterocycles. The quantitative estimate of drug-likeness (QED) is 0.107. The second-order valence-corrected chi connectivity index (χ2v) is 12.0. The van der Waals surface area contributed by atoms with Gasteiger partial charge in [-0.1, -0.05) is 62.4 Å². The SMILES string of the molecule is CCc1ccc(N(c2ccc(CO)cc2)c2ccc(OCCOc3ccc(N(c4ccc(CC)cc4)c4ccc(CO)cc4)cc3)cc2)cc1. The van der Waals surface area contributed by atoms with E-state index in [-0.39, 0.29) is 13.2 Å². The van der Waals surface area contributed by atoms with Crippen LogP contribution in [0.15, 0.2) is 146 Å². The Bertz CT molecular complexity index is 1670. The van der Waals surface area contributed by atoms with Crippen LogP contribution in [0.5, 0.6) is 11.5 Å². The first-order chi connectivity index (χ1) is 24.6. The second-order valence-electron chi connectivity index (χ2n) is 12.0. The predicted octanol–water partition coefficient (Wildman–Crippen LogP) is 10.2. The second kappa shape index (κ2) is 16.7. The molecule has 6 rings (SSSR count). The molecule has 6 nitrogen and oxygen atoms in total. The molecular formula is C44H44N2O4. The third-order valence-electron chi connectivity index (χ3n) is 8.77. The molecule has 0 bridgehead atoms. The Balaban J connectivity index is 1.09. The van der Waals surface area contributed by atoms with E-state index in [9.17, 15) is 10.2 Å². The van der Waals surface area contributed by atoms with Crippen molar-refractivity contribution < 1.29 is 19.7 Å². The largest absolute Gasteiger partial charge is 0.490 e.